The van der Waals surface area contributed by atoms with Gasteiger partial charge in [0.2, 0.25) is 0 Å². The smallest absolute Gasteiger partial charge is 0.141 e. The normalized spacial score (nSPS) is 11.2. The molecule has 0 unspecified atom stereocenters. The Morgan fingerprint density at radius 3 is 2.71 bits per heavy atom. The van der Waals surface area contributed by atoms with Crippen LogP contribution in [0.4, 0.5) is 4.39 Å². The number of halogens is 2. The Morgan fingerprint density at radius 2 is 2.05 bits per heavy atom. The first-order chi connectivity index (χ1) is 10.1. The van der Waals surface area contributed by atoms with Gasteiger partial charge >= 0.3 is 0 Å². The Kier molecular flexibility index (Phi) is 3.78. The number of nitrogens with two attached hydrogens (primary N) is 1. The van der Waals surface area contributed by atoms with Gasteiger partial charge in [-0.25, -0.2) is 9.37 Å². The molecule has 0 aliphatic rings. The van der Waals surface area contributed by atoms with Gasteiger partial charge in [0, 0.05) is 18.7 Å². The van der Waals surface area contributed by atoms with Crippen LogP contribution in [0.25, 0.3) is 22.4 Å². The molecule has 0 spiro atoms. The van der Waals surface area contributed by atoms with Crippen molar-refractivity contribution >= 4 is 27.0 Å². The first-order valence-electron chi connectivity index (χ1n) is 6.78. The van der Waals surface area contributed by atoms with Crippen LogP contribution in [0, 0.1) is 5.82 Å². The summed E-state index contributed by atoms with van der Waals surface area (Å²) in [5.74, 6) is 0.484. The molecule has 3 nitrogen and oxygen atoms in total. The molecule has 3 rings (SSSR count). The lowest BCUT2D eigenvalue weighted by Crippen LogP contribution is -1.98. The van der Waals surface area contributed by atoms with Gasteiger partial charge < -0.3 is 10.3 Å². The first kappa shape index (κ1) is 14.2. The van der Waals surface area contributed by atoms with Crippen molar-refractivity contribution in [1.29, 1.82) is 0 Å². The molecule has 2 N–H and O–H groups in total. The lowest BCUT2D eigenvalue weighted by atomic mass is 10.2. The van der Waals surface area contributed by atoms with Crippen molar-refractivity contribution in [1.82, 2.24) is 9.55 Å². The van der Waals surface area contributed by atoms with E-state index in [0.29, 0.717) is 11.0 Å². The minimum atomic E-state index is -0.287. The number of nitrogens with zero attached hydrogens (tertiary/aromatic N) is 2. The fourth-order valence-electron chi connectivity index (χ4n) is 2.48. The highest BCUT2D eigenvalue weighted by Crippen LogP contribution is 2.28. The van der Waals surface area contributed by atoms with Gasteiger partial charge in [-0.1, -0.05) is 6.07 Å². The Morgan fingerprint density at radius 1 is 1.24 bits per heavy atom. The summed E-state index contributed by atoms with van der Waals surface area (Å²) in [4.78, 5) is 4.66. The zero-order chi connectivity index (χ0) is 15.0. The van der Waals surface area contributed by atoms with Gasteiger partial charge in [0.05, 0.1) is 15.5 Å². The molecule has 3 aromatic rings. The average Bonchev–Trinajstić information content (AvgIpc) is 2.87. The molecule has 108 valence electrons. The van der Waals surface area contributed by atoms with Crippen molar-refractivity contribution in [3.63, 3.8) is 0 Å². The maximum Gasteiger partial charge on any atom is 0.141 e. The van der Waals surface area contributed by atoms with Crippen LogP contribution in [0.15, 0.2) is 40.9 Å². The van der Waals surface area contributed by atoms with Crippen LogP contribution in [-0.4, -0.2) is 9.55 Å². The summed E-state index contributed by atoms with van der Waals surface area (Å²) in [6, 6.07) is 11.1. The topological polar surface area (TPSA) is 43.8 Å². The highest BCUT2D eigenvalue weighted by Gasteiger charge is 2.13. The van der Waals surface area contributed by atoms with E-state index in [1.54, 1.807) is 6.07 Å². The van der Waals surface area contributed by atoms with Gasteiger partial charge in [-0.2, -0.15) is 0 Å². The third-order valence-corrected chi connectivity index (χ3v) is 4.19. The largest absolute Gasteiger partial charge is 0.326 e. The van der Waals surface area contributed by atoms with Crippen LogP contribution in [0.1, 0.15) is 12.5 Å². The molecular formula is C16H15BrFN3. The third kappa shape index (κ3) is 2.47. The van der Waals surface area contributed by atoms with Crippen molar-refractivity contribution in [2.75, 3.05) is 0 Å². The summed E-state index contributed by atoms with van der Waals surface area (Å²) in [6.07, 6.45) is 0. The van der Waals surface area contributed by atoms with Crippen molar-refractivity contribution in [2.24, 2.45) is 5.73 Å². The van der Waals surface area contributed by atoms with Gasteiger partial charge in [-0.3, -0.25) is 0 Å². The summed E-state index contributed by atoms with van der Waals surface area (Å²) in [5.41, 5.74) is 9.40. The predicted molar refractivity (Wildman–Crippen MR) is 86.4 cm³/mol. The minimum Gasteiger partial charge on any atom is -0.326 e. The SMILES string of the molecule is CCn1c(-c2ccc(Br)c(F)c2)nc2cc(CN)ccc21. The van der Waals surface area contributed by atoms with Gasteiger partial charge in [0.15, 0.2) is 0 Å². The highest BCUT2D eigenvalue weighted by atomic mass is 79.9. The zero-order valence-corrected chi connectivity index (χ0v) is 13.2. The fourth-order valence-corrected chi connectivity index (χ4v) is 2.72. The van der Waals surface area contributed by atoms with E-state index in [0.717, 1.165) is 34.5 Å². The molecule has 2 aromatic carbocycles. The quantitative estimate of drug-likeness (QED) is 0.775. The van der Waals surface area contributed by atoms with Gasteiger partial charge in [0.25, 0.3) is 0 Å². The van der Waals surface area contributed by atoms with Crippen LogP contribution in [0.2, 0.25) is 0 Å². The molecule has 0 bridgehead atoms. The standard InChI is InChI=1S/C16H15BrFN3/c1-2-21-15-6-3-10(9-19)7-14(15)20-16(21)11-4-5-12(17)13(18)8-11/h3-8H,2,9,19H2,1H3. The molecule has 0 radical (unpaired) electrons. The van der Waals surface area contributed by atoms with E-state index >= 15 is 0 Å². The van der Waals surface area contributed by atoms with E-state index < -0.39 is 0 Å². The van der Waals surface area contributed by atoms with Crippen LogP contribution in [0.5, 0.6) is 0 Å². The molecule has 0 saturated carbocycles. The molecule has 21 heavy (non-hydrogen) atoms. The second-order valence-electron chi connectivity index (χ2n) is 4.84. The molecular weight excluding hydrogens is 333 g/mol. The maximum atomic E-state index is 13.8. The van der Waals surface area contributed by atoms with Crippen LogP contribution in [0.3, 0.4) is 0 Å². The van der Waals surface area contributed by atoms with Gasteiger partial charge in [-0.15, -0.1) is 0 Å². The van der Waals surface area contributed by atoms with Crippen molar-refractivity contribution in [3.05, 3.63) is 52.3 Å². The number of rotatable bonds is 3. The molecule has 0 aliphatic heterocycles. The minimum absolute atomic E-state index is 0.287. The Balaban J connectivity index is 2.23. The lowest BCUT2D eigenvalue weighted by Gasteiger charge is -2.07. The Hall–Kier alpha value is -1.72. The van der Waals surface area contributed by atoms with Crippen LogP contribution in [-0.2, 0) is 13.1 Å². The number of aromatic nitrogens is 2. The van der Waals surface area contributed by atoms with Crippen LogP contribution < -0.4 is 5.73 Å². The maximum absolute atomic E-state index is 13.8. The monoisotopic (exact) mass is 347 g/mol. The number of hydrogen-bond acceptors (Lipinski definition) is 2. The van der Waals surface area contributed by atoms with E-state index in [4.69, 9.17) is 5.73 Å². The number of imidazole rings is 1. The van der Waals surface area contributed by atoms with Crippen molar-refractivity contribution in [2.45, 2.75) is 20.0 Å². The first-order valence-corrected chi connectivity index (χ1v) is 7.58. The fraction of sp³-hybridized carbons (Fsp3) is 0.188. The molecule has 5 heteroatoms. The van der Waals surface area contributed by atoms with Crippen molar-refractivity contribution in [3.8, 4) is 11.4 Å². The highest BCUT2D eigenvalue weighted by molar-refractivity contribution is 9.10. The number of benzene rings is 2. The zero-order valence-electron chi connectivity index (χ0n) is 11.6. The third-order valence-electron chi connectivity index (χ3n) is 3.54. The number of fused-ring (bicyclic) bond motifs is 1. The second-order valence-corrected chi connectivity index (χ2v) is 5.69. The molecule has 1 aromatic heterocycles. The van der Waals surface area contributed by atoms with Gasteiger partial charge in [-0.05, 0) is 58.7 Å². The summed E-state index contributed by atoms with van der Waals surface area (Å²) in [5, 5.41) is 0. The van der Waals surface area contributed by atoms with E-state index in [9.17, 15) is 4.39 Å². The lowest BCUT2D eigenvalue weighted by molar-refractivity contribution is 0.621. The molecule has 0 amide bonds. The van der Waals surface area contributed by atoms with Crippen LogP contribution >= 0.6 is 15.9 Å². The number of hydrogen-bond donors (Lipinski definition) is 1. The molecule has 0 atom stereocenters. The number of aryl methyl sites for hydroxylation is 1. The summed E-state index contributed by atoms with van der Waals surface area (Å²) in [6.45, 7) is 3.30. The van der Waals surface area contributed by atoms with Crippen molar-refractivity contribution < 1.29 is 4.39 Å². The molecule has 0 aliphatic carbocycles. The molecule has 0 saturated heterocycles. The summed E-state index contributed by atoms with van der Waals surface area (Å²) >= 11 is 3.17. The summed E-state index contributed by atoms with van der Waals surface area (Å²) in [7, 11) is 0. The molecule has 1 heterocycles. The Labute approximate surface area is 130 Å². The summed E-state index contributed by atoms with van der Waals surface area (Å²) < 4.78 is 16.3. The van der Waals surface area contributed by atoms with E-state index in [1.807, 2.05) is 24.3 Å². The average molecular weight is 348 g/mol. The van der Waals surface area contributed by atoms with E-state index in [1.165, 1.54) is 6.07 Å². The second kappa shape index (κ2) is 5.58. The predicted octanol–water partition coefficient (Wildman–Crippen LogP) is 4.08. The van der Waals surface area contributed by atoms with E-state index in [2.05, 4.69) is 32.4 Å². The van der Waals surface area contributed by atoms with E-state index in [-0.39, 0.29) is 5.82 Å². The van der Waals surface area contributed by atoms with Gasteiger partial charge in [0.1, 0.15) is 11.6 Å². The Bertz CT molecular complexity index is 811. The molecule has 0 fully saturated rings.